The number of amides is 3. The Morgan fingerprint density at radius 1 is 1.25 bits per heavy atom. The lowest BCUT2D eigenvalue weighted by Crippen LogP contribution is -2.48. The number of hydrogen-bond donors (Lipinski definition) is 3. The highest BCUT2D eigenvalue weighted by Crippen LogP contribution is 2.19. The molecule has 0 aromatic carbocycles. The Morgan fingerprint density at radius 2 is 1.95 bits per heavy atom. The lowest BCUT2D eigenvalue weighted by molar-refractivity contribution is -0.121. The molecule has 20 heavy (non-hydrogen) atoms. The van der Waals surface area contributed by atoms with Gasteiger partial charge in [-0.2, -0.15) is 0 Å². The molecule has 3 N–H and O–H groups in total. The van der Waals surface area contributed by atoms with Crippen molar-refractivity contribution in [1.29, 1.82) is 0 Å². The van der Waals surface area contributed by atoms with Crippen molar-refractivity contribution in [2.24, 2.45) is 0 Å². The molecule has 1 rings (SSSR count). The lowest BCUT2D eigenvalue weighted by Gasteiger charge is -2.22. The van der Waals surface area contributed by atoms with E-state index >= 15 is 0 Å². The quantitative estimate of drug-likeness (QED) is 0.613. The Labute approximate surface area is 121 Å². The molecule has 0 aliphatic heterocycles. The topological polar surface area (TPSA) is 79.5 Å². The SMILES string of the molecule is CCNC(=O)NC(=O)C(C)NCCOC1CCCCC1. The van der Waals surface area contributed by atoms with Crippen LogP contribution in [0.2, 0.25) is 0 Å². The van der Waals surface area contributed by atoms with E-state index in [4.69, 9.17) is 4.74 Å². The van der Waals surface area contributed by atoms with E-state index in [1.54, 1.807) is 13.8 Å². The van der Waals surface area contributed by atoms with Gasteiger partial charge in [0.25, 0.3) is 0 Å². The molecule has 0 spiro atoms. The van der Waals surface area contributed by atoms with E-state index < -0.39 is 12.1 Å². The summed E-state index contributed by atoms with van der Waals surface area (Å²) in [5.41, 5.74) is 0. The van der Waals surface area contributed by atoms with Gasteiger partial charge in [-0.1, -0.05) is 19.3 Å². The standard InChI is InChI=1S/C14H27N3O3/c1-3-15-14(19)17-13(18)11(2)16-9-10-20-12-7-5-4-6-8-12/h11-12,16H,3-10H2,1-2H3,(H2,15,17,18,19). The predicted molar refractivity (Wildman–Crippen MR) is 77.5 cm³/mol. The average molecular weight is 285 g/mol. The van der Waals surface area contributed by atoms with Crippen LogP contribution in [0.1, 0.15) is 46.0 Å². The predicted octanol–water partition coefficient (Wildman–Crippen LogP) is 1.16. The first-order chi connectivity index (χ1) is 9.63. The van der Waals surface area contributed by atoms with Gasteiger partial charge in [-0.3, -0.25) is 10.1 Å². The van der Waals surface area contributed by atoms with Crippen LogP contribution in [-0.4, -0.2) is 43.8 Å². The fraction of sp³-hybridized carbons (Fsp3) is 0.857. The Hall–Kier alpha value is -1.14. The fourth-order valence-corrected chi connectivity index (χ4v) is 2.25. The molecular formula is C14H27N3O3. The smallest absolute Gasteiger partial charge is 0.321 e. The molecule has 1 saturated carbocycles. The van der Waals surface area contributed by atoms with Crippen molar-refractivity contribution < 1.29 is 14.3 Å². The molecule has 1 fully saturated rings. The monoisotopic (exact) mass is 285 g/mol. The Bertz CT molecular complexity index is 304. The number of ether oxygens (including phenoxy) is 1. The number of carbonyl (C=O) groups excluding carboxylic acids is 2. The van der Waals surface area contributed by atoms with E-state index in [1.807, 2.05) is 0 Å². The maximum absolute atomic E-state index is 11.6. The maximum Gasteiger partial charge on any atom is 0.321 e. The van der Waals surface area contributed by atoms with Crippen molar-refractivity contribution >= 4 is 11.9 Å². The second-order valence-corrected chi connectivity index (χ2v) is 5.16. The van der Waals surface area contributed by atoms with Gasteiger partial charge < -0.3 is 15.4 Å². The number of hydrogen-bond acceptors (Lipinski definition) is 4. The summed E-state index contributed by atoms with van der Waals surface area (Å²) in [5, 5.41) is 7.85. The molecule has 1 atom stereocenters. The van der Waals surface area contributed by atoms with Crippen LogP contribution in [0.5, 0.6) is 0 Å². The molecule has 0 aromatic heterocycles. The lowest BCUT2D eigenvalue weighted by atomic mass is 9.98. The van der Waals surface area contributed by atoms with Crippen molar-refractivity contribution in [2.45, 2.75) is 58.1 Å². The maximum atomic E-state index is 11.6. The van der Waals surface area contributed by atoms with Crippen LogP contribution in [0.15, 0.2) is 0 Å². The fourth-order valence-electron chi connectivity index (χ4n) is 2.25. The average Bonchev–Trinajstić information content (AvgIpc) is 2.44. The van der Waals surface area contributed by atoms with Gasteiger partial charge >= 0.3 is 6.03 Å². The van der Waals surface area contributed by atoms with Crippen LogP contribution in [0.4, 0.5) is 4.79 Å². The minimum atomic E-state index is -0.454. The summed E-state index contributed by atoms with van der Waals surface area (Å²) in [5.74, 6) is -0.325. The molecule has 0 radical (unpaired) electrons. The summed E-state index contributed by atoms with van der Waals surface area (Å²) in [4.78, 5) is 22.8. The molecule has 1 aliphatic rings. The second kappa shape index (κ2) is 9.72. The van der Waals surface area contributed by atoms with Crippen LogP contribution >= 0.6 is 0 Å². The van der Waals surface area contributed by atoms with Gasteiger partial charge in [-0.15, -0.1) is 0 Å². The second-order valence-electron chi connectivity index (χ2n) is 5.16. The van der Waals surface area contributed by atoms with Gasteiger partial charge in [0.05, 0.1) is 18.8 Å². The van der Waals surface area contributed by atoms with Gasteiger partial charge in [-0.05, 0) is 26.7 Å². The van der Waals surface area contributed by atoms with Crippen molar-refractivity contribution in [3.05, 3.63) is 0 Å². The summed E-state index contributed by atoms with van der Waals surface area (Å²) in [7, 11) is 0. The summed E-state index contributed by atoms with van der Waals surface area (Å²) in [6.45, 7) is 5.24. The highest BCUT2D eigenvalue weighted by atomic mass is 16.5. The number of urea groups is 1. The van der Waals surface area contributed by atoms with E-state index in [-0.39, 0.29) is 5.91 Å². The molecule has 0 heterocycles. The van der Waals surface area contributed by atoms with Gasteiger partial charge in [0.2, 0.25) is 5.91 Å². The molecule has 0 bridgehead atoms. The van der Waals surface area contributed by atoms with Gasteiger partial charge in [0, 0.05) is 13.1 Å². The van der Waals surface area contributed by atoms with Crippen molar-refractivity contribution in [3.63, 3.8) is 0 Å². The van der Waals surface area contributed by atoms with Crippen LogP contribution in [0.25, 0.3) is 0 Å². The number of nitrogens with one attached hydrogen (secondary N) is 3. The number of carbonyl (C=O) groups is 2. The number of imide groups is 1. The minimum absolute atomic E-state index is 0.325. The Morgan fingerprint density at radius 3 is 2.60 bits per heavy atom. The van der Waals surface area contributed by atoms with Gasteiger partial charge in [0.15, 0.2) is 0 Å². The summed E-state index contributed by atoms with van der Waals surface area (Å²) in [6.07, 6.45) is 6.49. The first-order valence-corrected chi connectivity index (χ1v) is 7.57. The zero-order valence-corrected chi connectivity index (χ0v) is 12.5. The third-order valence-electron chi connectivity index (χ3n) is 3.43. The van der Waals surface area contributed by atoms with Crippen molar-refractivity contribution in [2.75, 3.05) is 19.7 Å². The van der Waals surface area contributed by atoms with E-state index in [9.17, 15) is 9.59 Å². The van der Waals surface area contributed by atoms with Crippen molar-refractivity contribution in [3.8, 4) is 0 Å². The molecule has 6 nitrogen and oxygen atoms in total. The number of rotatable bonds is 7. The molecule has 1 unspecified atom stereocenters. The van der Waals surface area contributed by atoms with Crippen LogP contribution in [0, 0.1) is 0 Å². The first kappa shape index (κ1) is 16.9. The zero-order valence-electron chi connectivity index (χ0n) is 12.5. The Kier molecular flexibility index (Phi) is 8.22. The Balaban J connectivity index is 2.07. The summed E-state index contributed by atoms with van der Waals surface area (Å²) in [6, 6.07) is -0.864. The van der Waals surface area contributed by atoms with Crippen LogP contribution in [-0.2, 0) is 9.53 Å². The molecule has 116 valence electrons. The highest BCUT2D eigenvalue weighted by Gasteiger charge is 2.16. The minimum Gasteiger partial charge on any atom is -0.377 e. The van der Waals surface area contributed by atoms with Crippen LogP contribution < -0.4 is 16.0 Å². The third kappa shape index (κ3) is 6.86. The molecular weight excluding hydrogens is 258 g/mol. The van der Waals surface area contributed by atoms with Crippen molar-refractivity contribution in [1.82, 2.24) is 16.0 Å². The van der Waals surface area contributed by atoms with Crippen LogP contribution in [0.3, 0.4) is 0 Å². The van der Waals surface area contributed by atoms with Gasteiger partial charge in [-0.25, -0.2) is 4.79 Å². The van der Waals surface area contributed by atoms with E-state index in [1.165, 1.54) is 19.3 Å². The summed E-state index contributed by atoms with van der Waals surface area (Å²) < 4.78 is 5.76. The molecule has 0 saturated heterocycles. The molecule has 1 aliphatic carbocycles. The largest absolute Gasteiger partial charge is 0.377 e. The molecule has 6 heteroatoms. The molecule has 3 amide bonds. The normalized spacial score (nSPS) is 17.5. The van der Waals surface area contributed by atoms with E-state index in [2.05, 4.69) is 16.0 Å². The highest BCUT2D eigenvalue weighted by molar-refractivity contribution is 5.96. The third-order valence-corrected chi connectivity index (χ3v) is 3.43. The molecule has 0 aromatic rings. The zero-order chi connectivity index (χ0) is 14.8. The van der Waals surface area contributed by atoms with E-state index in [0.29, 0.717) is 25.8 Å². The first-order valence-electron chi connectivity index (χ1n) is 7.57. The van der Waals surface area contributed by atoms with Gasteiger partial charge in [0.1, 0.15) is 0 Å². The summed E-state index contributed by atoms with van der Waals surface area (Å²) >= 11 is 0. The van der Waals surface area contributed by atoms with E-state index in [0.717, 1.165) is 12.8 Å².